The van der Waals surface area contributed by atoms with E-state index in [4.69, 9.17) is 15.8 Å². The monoisotopic (exact) mass is 222 g/mol. The number of hydrogen-bond donors (Lipinski definition) is 0. The standard InChI is InChI=1S/C13H10N4/c14-7-10-5-12(9-16)13(6-11(10)8-15)17-3-1-2-4-17/h5-6H,1-4H2. The Hall–Kier alpha value is -2.51. The summed E-state index contributed by atoms with van der Waals surface area (Å²) in [6.45, 7) is 1.82. The van der Waals surface area contributed by atoms with Crippen molar-refractivity contribution >= 4 is 5.69 Å². The average molecular weight is 222 g/mol. The lowest BCUT2D eigenvalue weighted by Gasteiger charge is -2.19. The van der Waals surface area contributed by atoms with Crippen LogP contribution < -0.4 is 4.90 Å². The summed E-state index contributed by atoms with van der Waals surface area (Å²) in [5, 5.41) is 27.0. The molecule has 0 aliphatic carbocycles. The van der Waals surface area contributed by atoms with Gasteiger partial charge >= 0.3 is 0 Å². The van der Waals surface area contributed by atoms with Crippen LogP contribution in [0.15, 0.2) is 12.1 Å². The number of nitriles is 3. The fourth-order valence-corrected chi connectivity index (χ4v) is 2.08. The van der Waals surface area contributed by atoms with Gasteiger partial charge < -0.3 is 4.90 Å². The highest BCUT2D eigenvalue weighted by molar-refractivity contribution is 5.66. The van der Waals surface area contributed by atoms with Gasteiger partial charge in [0, 0.05) is 13.1 Å². The van der Waals surface area contributed by atoms with Gasteiger partial charge in [0.2, 0.25) is 0 Å². The molecule has 0 unspecified atom stereocenters. The van der Waals surface area contributed by atoms with Crippen LogP contribution in [0.1, 0.15) is 29.5 Å². The molecular weight excluding hydrogens is 212 g/mol. The first-order chi connectivity index (χ1) is 8.30. The van der Waals surface area contributed by atoms with Crippen molar-refractivity contribution in [1.82, 2.24) is 0 Å². The van der Waals surface area contributed by atoms with Crippen LogP contribution in [0.2, 0.25) is 0 Å². The third-order valence-electron chi connectivity index (χ3n) is 2.94. The summed E-state index contributed by atoms with van der Waals surface area (Å²) in [5.41, 5.74) is 1.86. The largest absolute Gasteiger partial charge is 0.370 e. The van der Waals surface area contributed by atoms with Crippen LogP contribution in [0, 0.1) is 34.0 Å². The van der Waals surface area contributed by atoms with Crippen molar-refractivity contribution in [3.63, 3.8) is 0 Å². The molecule has 0 radical (unpaired) electrons. The van der Waals surface area contributed by atoms with Crippen LogP contribution in [-0.4, -0.2) is 13.1 Å². The maximum atomic E-state index is 9.09. The van der Waals surface area contributed by atoms with Crippen LogP contribution in [-0.2, 0) is 0 Å². The summed E-state index contributed by atoms with van der Waals surface area (Å²) in [6, 6.07) is 9.21. The van der Waals surface area contributed by atoms with Crippen LogP contribution in [0.3, 0.4) is 0 Å². The molecule has 1 aliphatic heterocycles. The van der Waals surface area contributed by atoms with Crippen LogP contribution in [0.4, 0.5) is 5.69 Å². The molecule has 0 amide bonds. The summed E-state index contributed by atoms with van der Waals surface area (Å²) in [5.74, 6) is 0. The van der Waals surface area contributed by atoms with Crippen molar-refractivity contribution in [2.45, 2.75) is 12.8 Å². The second-order valence-electron chi connectivity index (χ2n) is 3.94. The highest BCUT2D eigenvalue weighted by atomic mass is 15.1. The first kappa shape index (κ1) is 11.0. The molecule has 1 heterocycles. The van der Waals surface area contributed by atoms with E-state index in [1.165, 1.54) is 6.07 Å². The van der Waals surface area contributed by atoms with Crippen LogP contribution in [0.5, 0.6) is 0 Å². The first-order valence-electron chi connectivity index (χ1n) is 5.43. The SMILES string of the molecule is N#Cc1cc(C#N)c(N2CCCC2)cc1C#N. The molecule has 1 aromatic rings. The molecule has 1 aromatic carbocycles. The van der Waals surface area contributed by atoms with Gasteiger partial charge in [-0.25, -0.2) is 0 Å². The lowest BCUT2D eigenvalue weighted by atomic mass is 10.0. The summed E-state index contributed by atoms with van der Waals surface area (Å²) in [7, 11) is 0. The molecule has 0 saturated carbocycles. The molecule has 0 bridgehead atoms. The molecule has 0 aromatic heterocycles. The van der Waals surface area contributed by atoms with Crippen molar-refractivity contribution in [3.05, 3.63) is 28.8 Å². The minimum Gasteiger partial charge on any atom is -0.370 e. The lowest BCUT2D eigenvalue weighted by Crippen LogP contribution is -2.19. The fraction of sp³-hybridized carbons (Fsp3) is 0.308. The molecule has 4 nitrogen and oxygen atoms in total. The van der Waals surface area contributed by atoms with Crippen LogP contribution >= 0.6 is 0 Å². The summed E-state index contributed by atoms with van der Waals surface area (Å²) < 4.78 is 0. The molecule has 0 spiro atoms. The first-order valence-corrected chi connectivity index (χ1v) is 5.43. The zero-order chi connectivity index (χ0) is 12.3. The van der Waals surface area contributed by atoms with E-state index in [1.807, 2.05) is 12.1 Å². The summed E-state index contributed by atoms with van der Waals surface area (Å²) >= 11 is 0. The summed E-state index contributed by atoms with van der Waals surface area (Å²) in [4.78, 5) is 2.10. The zero-order valence-corrected chi connectivity index (χ0v) is 9.27. The van der Waals surface area contributed by atoms with E-state index in [0.29, 0.717) is 11.1 Å². The third-order valence-corrected chi connectivity index (χ3v) is 2.94. The number of anilines is 1. The smallest absolute Gasteiger partial charge is 0.101 e. The summed E-state index contributed by atoms with van der Waals surface area (Å²) in [6.07, 6.45) is 2.21. The van der Waals surface area contributed by atoms with Gasteiger partial charge in [-0.05, 0) is 25.0 Å². The molecule has 2 rings (SSSR count). The molecule has 1 saturated heterocycles. The van der Waals surface area contributed by atoms with Gasteiger partial charge in [-0.15, -0.1) is 0 Å². The van der Waals surface area contributed by atoms with E-state index in [-0.39, 0.29) is 5.56 Å². The molecule has 4 heteroatoms. The molecule has 0 atom stereocenters. The van der Waals surface area contributed by atoms with Gasteiger partial charge in [-0.1, -0.05) is 0 Å². The zero-order valence-electron chi connectivity index (χ0n) is 9.27. The van der Waals surface area contributed by atoms with Gasteiger partial charge in [0.1, 0.15) is 18.2 Å². The van der Waals surface area contributed by atoms with Crippen molar-refractivity contribution in [3.8, 4) is 18.2 Å². The predicted octanol–water partition coefficient (Wildman–Crippen LogP) is 1.90. The lowest BCUT2D eigenvalue weighted by molar-refractivity contribution is 0.949. The normalized spacial score (nSPS) is 13.8. The van der Waals surface area contributed by atoms with E-state index in [0.717, 1.165) is 31.6 Å². The minimum atomic E-state index is 0.270. The van der Waals surface area contributed by atoms with Gasteiger partial charge in [-0.3, -0.25) is 0 Å². The van der Waals surface area contributed by atoms with Gasteiger partial charge in [0.15, 0.2) is 0 Å². The maximum Gasteiger partial charge on any atom is 0.101 e. The Kier molecular flexibility index (Phi) is 2.95. The number of nitrogens with zero attached hydrogens (tertiary/aromatic N) is 4. The molecule has 1 aliphatic rings. The Bertz CT molecular complexity index is 563. The molecule has 1 fully saturated rings. The van der Waals surface area contributed by atoms with Crippen molar-refractivity contribution in [2.75, 3.05) is 18.0 Å². The van der Waals surface area contributed by atoms with Crippen molar-refractivity contribution in [1.29, 1.82) is 15.8 Å². The van der Waals surface area contributed by atoms with E-state index < -0.39 is 0 Å². The molecule has 0 N–H and O–H groups in total. The topological polar surface area (TPSA) is 74.6 Å². The second kappa shape index (κ2) is 4.56. The number of hydrogen-bond acceptors (Lipinski definition) is 4. The molecule has 17 heavy (non-hydrogen) atoms. The number of rotatable bonds is 1. The van der Waals surface area contributed by atoms with Crippen molar-refractivity contribution < 1.29 is 0 Å². The highest BCUT2D eigenvalue weighted by Crippen LogP contribution is 2.27. The van der Waals surface area contributed by atoms with Crippen molar-refractivity contribution in [2.24, 2.45) is 0 Å². The molecule has 82 valence electrons. The Morgan fingerprint density at radius 1 is 0.824 bits per heavy atom. The van der Waals surface area contributed by atoms with Gasteiger partial charge in [0.25, 0.3) is 0 Å². The predicted molar refractivity (Wildman–Crippen MR) is 62.0 cm³/mol. The Balaban J connectivity index is 2.56. The highest BCUT2D eigenvalue weighted by Gasteiger charge is 2.18. The van der Waals surface area contributed by atoms with E-state index in [9.17, 15) is 0 Å². The Morgan fingerprint density at radius 2 is 1.35 bits per heavy atom. The van der Waals surface area contributed by atoms with Crippen LogP contribution in [0.25, 0.3) is 0 Å². The van der Waals surface area contributed by atoms with E-state index >= 15 is 0 Å². The van der Waals surface area contributed by atoms with Gasteiger partial charge in [0.05, 0.1) is 22.4 Å². The third kappa shape index (κ3) is 1.92. The molecular formula is C13H10N4. The minimum absolute atomic E-state index is 0.270. The maximum absolute atomic E-state index is 9.09. The Morgan fingerprint density at radius 3 is 1.88 bits per heavy atom. The van der Waals surface area contributed by atoms with E-state index in [1.54, 1.807) is 6.07 Å². The number of benzene rings is 1. The Labute approximate surface area is 99.9 Å². The fourth-order valence-electron chi connectivity index (χ4n) is 2.08. The van der Waals surface area contributed by atoms with E-state index in [2.05, 4.69) is 11.0 Å². The average Bonchev–Trinajstić information content (AvgIpc) is 2.90. The second-order valence-corrected chi connectivity index (χ2v) is 3.94. The quantitative estimate of drug-likeness (QED) is 0.727. The van der Waals surface area contributed by atoms with Gasteiger partial charge in [-0.2, -0.15) is 15.8 Å².